The zero-order valence-corrected chi connectivity index (χ0v) is 20.3. The normalized spacial score (nSPS) is 17.7. The summed E-state index contributed by atoms with van der Waals surface area (Å²) in [5.41, 5.74) is 3.18. The number of anilines is 1. The Bertz CT molecular complexity index is 1060. The largest absolute Gasteiger partial charge is 0.507 e. The maximum absolute atomic E-state index is 13.2. The van der Waals surface area contributed by atoms with Gasteiger partial charge in [0, 0.05) is 26.3 Å². The summed E-state index contributed by atoms with van der Waals surface area (Å²) in [6, 6.07) is 12.4. The third kappa shape index (κ3) is 5.03. The first-order valence-corrected chi connectivity index (χ1v) is 11.0. The highest BCUT2D eigenvalue weighted by Crippen LogP contribution is 2.41. The lowest BCUT2D eigenvalue weighted by Gasteiger charge is -2.26. The molecule has 0 spiro atoms. The zero-order valence-electron chi connectivity index (χ0n) is 20.3. The molecule has 1 aliphatic rings. The second-order valence-electron chi connectivity index (χ2n) is 8.84. The van der Waals surface area contributed by atoms with Gasteiger partial charge in [-0.15, -0.1) is 0 Å². The van der Waals surface area contributed by atoms with Crippen LogP contribution in [0.2, 0.25) is 0 Å². The lowest BCUT2D eigenvalue weighted by molar-refractivity contribution is -0.139. The summed E-state index contributed by atoms with van der Waals surface area (Å²) in [6.45, 7) is 3.08. The summed E-state index contributed by atoms with van der Waals surface area (Å²) in [6.07, 6.45) is 0.708. The molecule has 1 aliphatic heterocycles. The molecule has 2 aromatic carbocycles. The fraction of sp³-hybridized carbons (Fsp3) is 0.385. The number of aryl methyl sites for hydroxylation is 1. The van der Waals surface area contributed by atoms with E-state index in [0.717, 1.165) is 23.4 Å². The van der Waals surface area contributed by atoms with E-state index >= 15 is 0 Å². The predicted octanol–water partition coefficient (Wildman–Crippen LogP) is 3.44. The molecular formula is C26H33N3O4. The smallest absolute Gasteiger partial charge is 0.295 e. The molecule has 1 N–H and O–H groups in total. The van der Waals surface area contributed by atoms with E-state index in [0.29, 0.717) is 24.3 Å². The maximum atomic E-state index is 13.2. The van der Waals surface area contributed by atoms with Crippen LogP contribution < -0.4 is 9.64 Å². The topological polar surface area (TPSA) is 73.3 Å². The number of likely N-dealkylation sites (tertiary alicyclic amines) is 1. The first kappa shape index (κ1) is 24.3. The van der Waals surface area contributed by atoms with Crippen LogP contribution in [-0.2, 0) is 9.59 Å². The van der Waals surface area contributed by atoms with Crippen LogP contribution >= 0.6 is 0 Å². The summed E-state index contributed by atoms with van der Waals surface area (Å²) < 4.78 is 5.43. The number of rotatable bonds is 8. The van der Waals surface area contributed by atoms with Crippen LogP contribution in [0.25, 0.3) is 5.76 Å². The van der Waals surface area contributed by atoms with Crippen molar-refractivity contribution in [2.45, 2.75) is 19.4 Å². The molecule has 7 nitrogen and oxygen atoms in total. The van der Waals surface area contributed by atoms with Gasteiger partial charge in [0.1, 0.15) is 11.5 Å². The number of hydrogen-bond donors (Lipinski definition) is 1. The molecule has 1 amide bonds. The average molecular weight is 452 g/mol. The minimum atomic E-state index is -0.678. The van der Waals surface area contributed by atoms with Crippen molar-refractivity contribution in [1.29, 1.82) is 0 Å². The van der Waals surface area contributed by atoms with Crippen molar-refractivity contribution in [2.75, 3.05) is 53.3 Å². The Morgan fingerprint density at radius 3 is 2.30 bits per heavy atom. The van der Waals surface area contributed by atoms with Gasteiger partial charge in [0.2, 0.25) is 0 Å². The monoisotopic (exact) mass is 451 g/mol. The van der Waals surface area contributed by atoms with Gasteiger partial charge in [-0.25, -0.2) is 0 Å². The van der Waals surface area contributed by atoms with Crippen LogP contribution in [0.3, 0.4) is 0 Å². The number of methoxy groups -OCH3 is 1. The van der Waals surface area contributed by atoms with Crippen LogP contribution in [-0.4, -0.2) is 75.0 Å². The van der Waals surface area contributed by atoms with Crippen LogP contribution in [0.1, 0.15) is 29.2 Å². The van der Waals surface area contributed by atoms with E-state index in [1.165, 1.54) is 7.11 Å². The quantitative estimate of drug-likeness (QED) is 0.377. The van der Waals surface area contributed by atoms with Gasteiger partial charge in [0.15, 0.2) is 0 Å². The average Bonchev–Trinajstić information content (AvgIpc) is 3.03. The molecule has 33 heavy (non-hydrogen) atoms. The molecule has 1 atom stereocenters. The highest BCUT2D eigenvalue weighted by atomic mass is 16.5. The van der Waals surface area contributed by atoms with E-state index < -0.39 is 17.7 Å². The van der Waals surface area contributed by atoms with Gasteiger partial charge in [-0.3, -0.25) is 9.59 Å². The van der Waals surface area contributed by atoms with Crippen LogP contribution in [0.5, 0.6) is 5.75 Å². The lowest BCUT2D eigenvalue weighted by Crippen LogP contribution is -2.32. The Morgan fingerprint density at radius 2 is 1.73 bits per heavy atom. The number of aliphatic hydroxyl groups is 1. The Labute approximate surface area is 195 Å². The van der Waals surface area contributed by atoms with E-state index in [2.05, 4.69) is 0 Å². The van der Waals surface area contributed by atoms with Crippen molar-refractivity contribution in [3.05, 3.63) is 64.7 Å². The summed E-state index contributed by atoms with van der Waals surface area (Å²) in [5.74, 6) is -1.05. The Hall–Kier alpha value is -3.32. The second-order valence-corrected chi connectivity index (χ2v) is 8.84. The summed E-state index contributed by atoms with van der Waals surface area (Å²) in [7, 11) is 9.35. The number of carbonyl (C=O) groups is 2. The van der Waals surface area contributed by atoms with E-state index in [1.54, 1.807) is 17.0 Å². The van der Waals surface area contributed by atoms with E-state index in [9.17, 15) is 14.7 Å². The van der Waals surface area contributed by atoms with Gasteiger partial charge in [0.25, 0.3) is 11.7 Å². The van der Waals surface area contributed by atoms with Crippen molar-refractivity contribution < 1.29 is 19.4 Å². The molecule has 2 aromatic rings. The molecule has 176 valence electrons. The Balaban J connectivity index is 2.15. The van der Waals surface area contributed by atoms with E-state index in [-0.39, 0.29) is 11.3 Å². The number of benzene rings is 2. The molecule has 3 rings (SSSR count). The summed E-state index contributed by atoms with van der Waals surface area (Å²) in [4.78, 5) is 31.9. The van der Waals surface area contributed by atoms with E-state index in [4.69, 9.17) is 4.74 Å². The van der Waals surface area contributed by atoms with E-state index in [1.807, 2.05) is 75.2 Å². The Morgan fingerprint density at radius 1 is 1.06 bits per heavy atom. The van der Waals surface area contributed by atoms with Crippen molar-refractivity contribution in [3.8, 4) is 5.75 Å². The third-order valence-corrected chi connectivity index (χ3v) is 5.88. The van der Waals surface area contributed by atoms with Crippen molar-refractivity contribution in [1.82, 2.24) is 9.80 Å². The van der Waals surface area contributed by atoms with Crippen molar-refractivity contribution in [2.24, 2.45) is 0 Å². The highest BCUT2D eigenvalue weighted by Gasteiger charge is 2.46. The molecule has 1 heterocycles. The fourth-order valence-corrected chi connectivity index (χ4v) is 4.12. The number of aliphatic hydroxyl groups excluding tert-OH is 1. The molecule has 1 unspecified atom stereocenters. The summed E-state index contributed by atoms with van der Waals surface area (Å²) >= 11 is 0. The first-order chi connectivity index (χ1) is 15.6. The third-order valence-electron chi connectivity index (χ3n) is 5.88. The number of amides is 1. The molecule has 1 saturated heterocycles. The minimum Gasteiger partial charge on any atom is -0.507 e. The molecule has 0 aliphatic carbocycles. The molecule has 0 saturated carbocycles. The molecule has 0 bridgehead atoms. The number of hydrogen-bond acceptors (Lipinski definition) is 6. The minimum absolute atomic E-state index is 0.0892. The van der Waals surface area contributed by atoms with Gasteiger partial charge in [-0.1, -0.05) is 23.8 Å². The molecule has 1 fully saturated rings. The number of nitrogens with zero attached hydrogens (tertiary/aromatic N) is 3. The summed E-state index contributed by atoms with van der Waals surface area (Å²) in [5, 5.41) is 11.3. The van der Waals surface area contributed by atoms with Crippen molar-refractivity contribution >= 4 is 23.1 Å². The highest BCUT2D eigenvalue weighted by molar-refractivity contribution is 6.46. The van der Waals surface area contributed by atoms with Gasteiger partial charge >= 0.3 is 0 Å². The number of ketones is 1. The van der Waals surface area contributed by atoms with Crippen LogP contribution in [0.15, 0.2) is 48.0 Å². The number of Topliss-reactive ketones (excluding diaryl/α,β-unsaturated/α-hetero) is 1. The molecular weight excluding hydrogens is 418 g/mol. The van der Waals surface area contributed by atoms with Crippen molar-refractivity contribution in [3.63, 3.8) is 0 Å². The van der Waals surface area contributed by atoms with Crippen LogP contribution in [0, 0.1) is 6.92 Å². The standard InChI is InChI=1S/C26H33N3O4/c1-17-8-13-21(33-6)20(16-17)24(30)22-23(18-9-11-19(12-10-18)28(4)5)29(26(32)25(22)31)15-7-14-27(2)3/h8-13,16,23,30H,7,14-15H2,1-6H3/b24-22+. The predicted molar refractivity (Wildman–Crippen MR) is 131 cm³/mol. The first-order valence-electron chi connectivity index (χ1n) is 11.0. The maximum Gasteiger partial charge on any atom is 0.295 e. The lowest BCUT2D eigenvalue weighted by atomic mass is 9.94. The van der Waals surface area contributed by atoms with Gasteiger partial charge in [-0.05, 0) is 63.8 Å². The van der Waals surface area contributed by atoms with Gasteiger partial charge in [0.05, 0.1) is 24.3 Å². The van der Waals surface area contributed by atoms with Gasteiger partial charge < -0.3 is 24.5 Å². The fourth-order valence-electron chi connectivity index (χ4n) is 4.12. The molecule has 0 aromatic heterocycles. The number of ether oxygens (including phenoxy) is 1. The zero-order chi connectivity index (χ0) is 24.3. The molecule has 7 heteroatoms. The van der Waals surface area contributed by atoms with Crippen LogP contribution in [0.4, 0.5) is 5.69 Å². The Kier molecular flexibility index (Phi) is 7.43. The second kappa shape index (κ2) is 10.1. The van der Waals surface area contributed by atoms with Gasteiger partial charge in [-0.2, -0.15) is 0 Å². The molecule has 0 radical (unpaired) electrons. The SMILES string of the molecule is COc1ccc(C)cc1/C(O)=C1\C(=O)C(=O)N(CCCN(C)C)C1c1ccc(N(C)C)cc1. The number of carbonyl (C=O) groups excluding carboxylic acids is 2.